The lowest BCUT2D eigenvalue weighted by Gasteiger charge is -2.18. The maximum absolute atomic E-state index is 11.5. The second-order valence-corrected chi connectivity index (χ2v) is 7.38. The molecule has 4 heteroatoms. The molecule has 1 saturated carbocycles. The van der Waals surface area contributed by atoms with E-state index >= 15 is 0 Å². The van der Waals surface area contributed by atoms with Gasteiger partial charge in [0.15, 0.2) is 9.84 Å². The van der Waals surface area contributed by atoms with Crippen molar-refractivity contribution in [3.8, 4) is 0 Å². The summed E-state index contributed by atoms with van der Waals surface area (Å²) < 4.78 is 23.1. The van der Waals surface area contributed by atoms with E-state index < -0.39 is 9.84 Å². The number of hydrogen-bond donors (Lipinski definition) is 1. The lowest BCUT2D eigenvalue weighted by atomic mass is 9.98. The Hall–Kier alpha value is -0.0900. The van der Waals surface area contributed by atoms with Gasteiger partial charge in [-0.3, -0.25) is 0 Å². The molecule has 3 nitrogen and oxygen atoms in total. The molecule has 0 saturated heterocycles. The molecule has 1 fully saturated rings. The van der Waals surface area contributed by atoms with E-state index in [4.69, 9.17) is 0 Å². The topological polar surface area (TPSA) is 54.4 Å². The lowest BCUT2D eigenvalue weighted by molar-refractivity contribution is 0.108. The van der Waals surface area contributed by atoms with Gasteiger partial charge in [-0.25, -0.2) is 8.42 Å². The Kier molecular flexibility index (Phi) is 3.26. The Bertz CT molecular complexity index is 286. The van der Waals surface area contributed by atoms with Gasteiger partial charge in [-0.2, -0.15) is 0 Å². The van der Waals surface area contributed by atoms with Gasteiger partial charge in [-0.1, -0.05) is 0 Å². The Morgan fingerprint density at radius 3 is 2.07 bits per heavy atom. The third kappa shape index (κ3) is 2.48. The van der Waals surface area contributed by atoms with Crippen molar-refractivity contribution < 1.29 is 13.5 Å². The monoisotopic (exact) mass is 220 g/mol. The van der Waals surface area contributed by atoms with Crippen LogP contribution in [0.5, 0.6) is 0 Å². The summed E-state index contributed by atoms with van der Waals surface area (Å²) in [6, 6.07) is 0. The second-order valence-electron chi connectivity index (χ2n) is 4.70. The predicted molar refractivity (Wildman–Crippen MR) is 56.9 cm³/mol. The van der Waals surface area contributed by atoms with Crippen LogP contribution >= 0.6 is 0 Å². The molecule has 14 heavy (non-hydrogen) atoms. The molecule has 1 N–H and O–H groups in total. The molecular weight excluding hydrogens is 200 g/mol. The van der Waals surface area contributed by atoms with Gasteiger partial charge in [0.05, 0.1) is 17.1 Å². The zero-order valence-electron chi connectivity index (χ0n) is 9.16. The van der Waals surface area contributed by atoms with Crippen molar-refractivity contribution in [2.24, 2.45) is 5.41 Å². The largest absolute Gasteiger partial charge is 0.393 e. The van der Waals surface area contributed by atoms with Crippen LogP contribution in [0.2, 0.25) is 0 Å². The van der Waals surface area contributed by atoms with Crippen molar-refractivity contribution in [1.29, 1.82) is 0 Å². The van der Waals surface area contributed by atoms with Crippen LogP contribution < -0.4 is 0 Å². The number of hydrogen-bond acceptors (Lipinski definition) is 3. The van der Waals surface area contributed by atoms with E-state index in [2.05, 4.69) is 0 Å². The normalized spacial score (nSPS) is 22.4. The average molecular weight is 220 g/mol. The molecule has 1 unspecified atom stereocenters. The maximum Gasteiger partial charge on any atom is 0.152 e. The molecule has 1 aliphatic carbocycles. The molecule has 1 rings (SSSR count). The summed E-state index contributed by atoms with van der Waals surface area (Å²) in [6.45, 7) is 5.17. The highest BCUT2D eigenvalue weighted by Gasteiger charge is 2.47. The molecule has 0 spiro atoms. The summed E-state index contributed by atoms with van der Waals surface area (Å²) in [4.78, 5) is 0. The van der Waals surface area contributed by atoms with Crippen molar-refractivity contribution in [3.05, 3.63) is 0 Å². The quantitative estimate of drug-likeness (QED) is 0.761. The first-order valence-electron chi connectivity index (χ1n) is 5.20. The van der Waals surface area contributed by atoms with E-state index in [0.717, 1.165) is 12.8 Å². The van der Waals surface area contributed by atoms with Crippen molar-refractivity contribution >= 4 is 9.84 Å². The minimum atomic E-state index is -2.94. The van der Waals surface area contributed by atoms with E-state index in [1.807, 2.05) is 0 Å². The third-order valence-electron chi connectivity index (χ3n) is 3.38. The zero-order valence-corrected chi connectivity index (χ0v) is 9.97. The van der Waals surface area contributed by atoms with E-state index in [0.29, 0.717) is 6.42 Å². The first-order chi connectivity index (χ1) is 6.30. The zero-order chi connectivity index (χ0) is 11.0. The SMILES string of the molecule is CC(O)C1(CCS(=O)(=O)C(C)C)CC1. The minimum absolute atomic E-state index is 0.0814. The van der Waals surface area contributed by atoms with Gasteiger partial charge in [0, 0.05) is 0 Å². The van der Waals surface area contributed by atoms with Gasteiger partial charge in [0.1, 0.15) is 0 Å². The Labute approximate surface area is 86.4 Å². The fourth-order valence-corrected chi connectivity index (χ4v) is 2.78. The van der Waals surface area contributed by atoms with Gasteiger partial charge in [-0.05, 0) is 45.4 Å². The molecule has 0 aromatic rings. The summed E-state index contributed by atoms with van der Waals surface area (Å²) in [5, 5.41) is 9.18. The van der Waals surface area contributed by atoms with Gasteiger partial charge in [0.25, 0.3) is 0 Å². The second kappa shape index (κ2) is 3.81. The van der Waals surface area contributed by atoms with Crippen LogP contribution in [0.15, 0.2) is 0 Å². The molecule has 0 amide bonds. The van der Waals surface area contributed by atoms with Gasteiger partial charge >= 0.3 is 0 Å². The summed E-state index contributed by atoms with van der Waals surface area (Å²) in [5.41, 5.74) is -0.0814. The van der Waals surface area contributed by atoms with E-state index in [-0.39, 0.29) is 22.5 Å². The summed E-state index contributed by atoms with van der Waals surface area (Å²) >= 11 is 0. The molecular formula is C10H20O3S. The van der Waals surface area contributed by atoms with Crippen molar-refractivity contribution in [2.45, 2.75) is 51.4 Å². The first-order valence-corrected chi connectivity index (χ1v) is 6.91. The number of aliphatic hydroxyl groups excluding tert-OH is 1. The van der Waals surface area contributed by atoms with Crippen LogP contribution in [0.3, 0.4) is 0 Å². The molecule has 0 radical (unpaired) electrons. The number of aliphatic hydroxyl groups is 1. The lowest BCUT2D eigenvalue weighted by Crippen LogP contribution is -2.25. The van der Waals surface area contributed by atoms with Crippen molar-refractivity contribution in [2.75, 3.05) is 5.75 Å². The highest BCUT2D eigenvalue weighted by Crippen LogP contribution is 2.51. The maximum atomic E-state index is 11.5. The van der Waals surface area contributed by atoms with Crippen LogP contribution in [0.25, 0.3) is 0 Å². The number of rotatable bonds is 5. The van der Waals surface area contributed by atoms with Gasteiger partial charge < -0.3 is 5.11 Å². The molecule has 0 aromatic heterocycles. The Morgan fingerprint density at radius 2 is 1.79 bits per heavy atom. The minimum Gasteiger partial charge on any atom is -0.393 e. The molecule has 1 aliphatic rings. The Balaban J connectivity index is 2.49. The number of sulfone groups is 1. The van der Waals surface area contributed by atoms with Gasteiger partial charge in [0.2, 0.25) is 0 Å². The van der Waals surface area contributed by atoms with Crippen LogP contribution in [0.4, 0.5) is 0 Å². The van der Waals surface area contributed by atoms with Crippen LogP contribution in [-0.4, -0.2) is 30.6 Å². The third-order valence-corrected chi connectivity index (χ3v) is 5.59. The van der Waals surface area contributed by atoms with E-state index in [9.17, 15) is 13.5 Å². The van der Waals surface area contributed by atoms with Crippen molar-refractivity contribution in [3.63, 3.8) is 0 Å². The first kappa shape index (κ1) is 12.0. The fourth-order valence-electron chi connectivity index (χ4n) is 1.62. The van der Waals surface area contributed by atoms with Crippen LogP contribution in [0.1, 0.15) is 40.0 Å². The van der Waals surface area contributed by atoms with E-state index in [1.165, 1.54) is 0 Å². The summed E-state index contributed by atoms with van der Waals surface area (Å²) in [5.74, 6) is 0.218. The molecule has 0 aromatic carbocycles. The highest BCUT2D eigenvalue weighted by atomic mass is 32.2. The van der Waals surface area contributed by atoms with Gasteiger partial charge in [-0.15, -0.1) is 0 Å². The smallest absolute Gasteiger partial charge is 0.152 e. The molecule has 84 valence electrons. The van der Waals surface area contributed by atoms with Crippen LogP contribution in [-0.2, 0) is 9.84 Å². The average Bonchev–Trinajstić information content (AvgIpc) is 2.81. The van der Waals surface area contributed by atoms with E-state index in [1.54, 1.807) is 20.8 Å². The predicted octanol–water partition coefficient (Wildman–Crippen LogP) is 1.36. The standard InChI is InChI=1S/C10H20O3S/c1-8(2)14(12,13)7-6-10(4-5-10)9(3)11/h8-9,11H,4-7H2,1-3H3. The summed E-state index contributed by atoms with van der Waals surface area (Å²) in [7, 11) is -2.94. The van der Waals surface area contributed by atoms with Crippen molar-refractivity contribution in [1.82, 2.24) is 0 Å². The molecule has 0 heterocycles. The Morgan fingerprint density at radius 1 is 1.29 bits per heavy atom. The molecule has 0 bridgehead atoms. The molecule has 1 atom stereocenters. The summed E-state index contributed by atoms with van der Waals surface area (Å²) in [6.07, 6.45) is 2.19. The van der Waals surface area contributed by atoms with Crippen LogP contribution in [0, 0.1) is 5.41 Å². The highest BCUT2D eigenvalue weighted by molar-refractivity contribution is 7.91. The molecule has 0 aliphatic heterocycles. The fraction of sp³-hybridized carbons (Fsp3) is 1.00.